The van der Waals surface area contributed by atoms with Crippen LogP contribution in [0.15, 0.2) is 0 Å². The van der Waals surface area contributed by atoms with Crippen molar-refractivity contribution in [3.63, 3.8) is 0 Å². The molecule has 0 unspecified atom stereocenters. The van der Waals surface area contributed by atoms with Gasteiger partial charge in [0.25, 0.3) is 0 Å². The number of hydrogen-bond donors (Lipinski definition) is 0. The van der Waals surface area contributed by atoms with E-state index < -0.39 is 10.0 Å². The van der Waals surface area contributed by atoms with Gasteiger partial charge in [0.05, 0.1) is 0 Å². The van der Waals surface area contributed by atoms with Crippen molar-refractivity contribution in [1.29, 1.82) is 0 Å². The van der Waals surface area contributed by atoms with Crippen LogP contribution in [0.25, 0.3) is 0 Å². The minimum absolute atomic E-state index is 0.557. The first-order chi connectivity index (χ1) is 4.58. The lowest BCUT2D eigenvalue weighted by Crippen LogP contribution is -2.07. The monoisotopic (exact) mass is 156 g/mol. The van der Waals surface area contributed by atoms with E-state index >= 15 is 0 Å². The second kappa shape index (κ2) is 2.88. The van der Waals surface area contributed by atoms with Gasteiger partial charge in [-0.05, 0) is 31.6 Å². The van der Waals surface area contributed by atoms with E-state index in [2.05, 4.69) is 29.9 Å². The van der Waals surface area contributed by atoms with Crippen LogP contribution in [0, 0.1) is 17.1 Å². The molecule has 0 nitrogen and oxygen atoms in total. The molecule has 1 aliphatic carbocycles. The quantitative estimate of drug-likeness (QED) is 0.473. The Labute approximate surface area is 65.7 Å². The van der Waals surface area contributed by atoms with E-state index in [1.54, 1.807) is 0 Å². The molecule has 10 heavy (non-hydrogen) atoms. The molecular weight excluding hydrogens is 140 g/mol. The van der Waals surface area contributed by atoms with E-state index in [9.17, 15) is 0 Å². The second-order valence-corrected chi connectivity index (χ2v) is 7.59. The molecule has 0 aromatic carbocycles. The van der Waals surface area contributed by atoms with Gasteiger partial charge in [0, 0.05) is 5.92 Å². The predicted molar refractivity (Wildman–Crippen MR) is 50.5 cm³/mol. The fourth-order valence-electron chi connectivity index (χ4n) is 0.813. The van der Waals surface area contributed by atoms with Crippen LogP contribution in [0.5, 0.6) is 0 Å². The van der Waals surface area contributed by atoms with Crippen LogP contribution in [0.4, 0.5) is 0 Å². The SMILES string of the molecule is CS(C)(C)C#CC1CCC1. The third-order valence-electron chi connectivity index (χ3n) is 1.67. The largest absolute Gasteiger partial charge is 0.186 e. The van der Waals surface area contributed by atoms with Crippen LogP contribution in [0.2, 0.25) is 0 Å². The fourth-order valence-corrected chi connectivity index (χ4v) is 1.33. The highest BCUT2D eigenvalue weighted by Gasteiger charge is 2.14. The summed E-state index contributed by atoms with van der Waals surface area (Å²) in [6, 6.07) is 0. The van der Waals surface area contributed by atoms with E-state index in [1.807, 2.05) is 0 Å². The summed E-state index contributed by atoms with van der Waals surface area (Å²) in [7, 11) is -0.557. The first-order valence-corrected chi connectivity index (χ1v) is 6.64. The smallest absolute Gasteiger partial charge is 0.0211 e. The standard InChI is InChI=1S/C9H16S/c1-10(2,3)8-7-9-5-4-6-9/h9H,4-6H2,1-3H3. The maximum absolute atomic E-state index is 3.36. The first-order valence-electron chi connectivity index (χ1n) is 3.78. The summed E-state index contributed by atoms with van der Waals surface area (Å²) in [5, 5.41) is 3.36. The summed E-state index contributed by atoms with van der Waals surface area (Å²) in [6.07, 6.45) is 10.8. The van der Waals surface area contributed by atoms with Crippen LogP contribution < -0.4 is 0 Å². The molecule has 1 fully saturated rings. The van der Waals surface area contributed by atoms with Gasteiger partial charge in [-0.25, -0.2) is 0 Å². The molecule has 58 valence electrons. The average Bonchev–Trinajstić information content (AvgIpc) is 1.56. The molecule has 0 heterocycles. The minimum atomic E-state index is -0.557. The molecule has 0 saturated heterocycles. The van der Waals surface area contributed by atoms with Crippen LogP contribution in [0.3, 0.4) is 0 Å². The molecule has 1 rings (SSSR count). The van der Waals surface area contributed by atoms with Crippen molar-refractivity contribution in [2.45, 2.75) is 19.3 Å². The van der Waals surface area contributed by atoms with Crippen LogP contribution >= 0.6 is 10.0 Å². The maximum atomic E-state index is 3.36. The highest BCUT2D eigenvalue weighted by Crippen LogP contribution is 2.34. The minimum Gasteiger partial charge on any atom is -0.186 e. The van der Waals surface area contributed by atoms with Gasteiger partial charge >= 0.3 is 0 Å². The third-order valence-corrected chi connectivity index (χ3v) is 2.40. The Bertz CT molecular complexity index is 161. The maximum Gasteiger partial charge on any atom is 0.0211 e. The zero-order chi connectivity index (χ0) is 7.61. The summed E-state index contributed by atoms with van der Waals surface area (Å²) in [4.78, 5) is 0. The molecule has 0 bridgehead atoms. The van der Waals surface area contributed by atoms with Gasteiger partial charge in [-0.2, -0.15) is 10.0 Å². The van der Waals surface area contributed by atoms with Crippen LogP contribution in [-0.2, 0) is 0 Å². The fraction of sp³-hybridized carbons (Fsp3) is 0.778. The highest BCUT2D eigenvalue weighted by atomic mass is 32.3. The van der Waals surface area contributed by atoms with Crippen molar-refractivity contribution in [3.05, 3.63) is 0 Å². The molecule has 0 spiro atoms. The van der Waals surface area contributed by atoms with Gasteiger partial charge < -0.3 is 0 Å². The lowest BCUT2D eigenvalue weighted by atomic mass is 9.86. The van der Waals surface area contributed by atoms with Crippen molar-refractivity contribution in [2.75, 3.05) is 18.8 Å². The highest BCUT2D eigenvalue weighted by molar-refractivity contribution is 8.35. The summed E-state index contributed by atoms with van der Waals surface area (Å²) < 4.78 is 0. The lowest BCUT2D eigenvalue weighted by Gasteiger charge is -2.21. The molecule has 0 atom stereocenters. The van der Waals surface area contributed by atoms with E-state index in [4.69, 9.17) is 0 Å². The molecule has 0 N–H and O–H groups in total. The van der Waals surface area contributed by atoms with Crippen molar-refractivity contribution in [2.24, 2.45) is 5.92 Å². The summed E-state index contributed by atoms with van der Waals surface area (Å²) >= 11 is 0. The van der Waals surface area contributed by atoms with Gasteiger partial charge in [0.15, 0.2) is 0 Å². The van der Waals surface area contributed by atoms with E-state index in [0.29, 0.717) is 0 Å². The molecule has 0 radical (unpaired) electrons. The van der Waals surface area contributed by atoms with Crippen LogP contribution in [-0.4, -0.2) is 18.8 Å². The molecule has 0 aromatic rings. The lowest BCUT2D eigenvalue weighted by molar-refractivity contribution is 0.402. The molecular formula is C9H16S. The van der Waals surface area contributed by atoms with Crippen molar-refractivity contribution < 1.29 is 0 Å². The number of hydrogen-bond acceptors (Lipinski definition) is 0. The Morgan fingerprint density at radius 2 is 1.80 bits per heavy atom. The third kappa shape index (κ3) is 2.66. The van der Waals surface area contributed by atoms with Gasteiger partial charge in [-0.3, -0.25) is 0 Å². The second-order valence-electron chi connectivity index (χ2n) is 3.71. The number of rotatable bonds is 0. The summed E-state index contributed by atoms with van der Waals surface area (Å²) in [5.74, 6) is 4.10. The molecule has 1 aliphatic rings. The molecule has 0 aromatic heterocycles. The Hall–Kier alpha value is -0.0900. The molecule has 1 heteroatoms. The van der Waals surface area contributed by atoms with E-state index in [-0.39, 0.29) is 0 Å². The van der Waals surface area contributed by atoms with Gasteiger partial charge in [-0.15, -0.1) is 0 Å². The Morgan fingerprint density at radius 1 is 1.20 bits per heavy atom. The molecule has 0 aliphatic heterocycles. The Kier molecular flexibility index (Phi) is 2.31. The average molecular weight is 156 g/mol. The van der Waals surface area contributed by atoms with Gasteiger partial charge in [0.2, 0.25) is 0 Å². The zero-order valence-electron chi connectivity index (χ0n) is 7.11. The Balaban J connectivity index is 2.37. The van der Waals surface area contributed by atoms with Crippen LogP contribution in [0.1, 0.15) is 19.3 Å². The predicted octanol–water partition coefficient (Wildman–Crippen LogP) is 2.44. The van der Waals surface area contributed by atoms with Crippen molar-refractivity contribution >= 4 is 10.0 Å². The normalized spacial score (nSPS) is 20.7. The van der Waals surface area contributed by atoms with Gasteiger partial charge in [-0.1, -0.05) is 17.6 Å². The summed E-state index contributed by atoms with van der Waals surface area (Å²) in [5.41, 5.74) is 0. The van der Waals surface area contributed by atoms with E-state index in [1.165, 1.54) is 19.3 Å². The van der Waals surface area contributed by atoms with Crippen molar-refractivity contribution in [1.82, 2.24) is 0 Å². The van der Waals surface area contributed by atoms with Crippen molar-refractivity contribution in [3.8, 4) is 11.2 Å². The van der Waals surface area contributed by atoms with Gasteiger partial charge in [0.1, 0.15) is 0 Å². The topological polar surface area (TPSA) is 0 Å². The Morgan fingerprint density at radius 3 is 2.10 bits per heavy atom. The molecule has 1 saturated carbocycles. The van der Waals surface area contributed by atoms with E-state index in [0.717, 1.165) is 5.92 Å². The summed E-state index contributed by atoms with van der Waals surface area (Å²) in [6.45, 7) is 0. The zero-order valence-corrected chi connectivity index (χ0v) is 7.92. The first kappa shape index (κ1) is 8.01. The molecule has 0 amide bonds.